The fourth-order valence-corrected chi connectivity index (χ4v) is 3.23. The van der Waals surface area contributed by atoms with Crippen LogP contribution in [0.3, 0.4) is 0 Å². The monoisotopic (exact) mass is 286 g/mol. The lowest BCUT2D eigenvalue weighted by atomic mass is 10.1. The molecule has 1 aromatic carbocycles. The van der Waals surface area contributed by atoms with E-state index in [1.54, 1.807) is 26.0 Å². The molecule has 0 atom stereocenters. The quantitative estimate of drug-likeness (QED) is 0.797. The minimum Gasteiger partial charge on any atom is -0.398 e. The van der Waals surface area contributed by atoms with Crippen molar-refractivity contribution >= 4 is 15.7 Å². The third kappa shape index (κ3) is 3.92. The summed E-state index contributed by atoms with van der Waals surface area (Å²) in [6, 6.07) is 4.74. The van der Waals surface area contributed by atoms with Gasteiger partial charge in [0.15, 0.2) is 0 Å². The minimum absolute atomic E-state index is 0.0186. The second-order valence-electron chi connectivity index (χ2n) is 5.29. The van der Waals surface area contributed by atoms with Crippen molar-refractivity contribution in [2.45, 2.75) is 37.7 Å². The van der Waals surface area contributed by atoms with Gasteiger partial charge in [0.1, 0.15) is 0 Å². The molecule has 6 heteroatoms. The first kappa shape index (κ1) is 15.9. The van der Waals surface area contributed by atoms with E-state index in [0.717, 1.165) is 16.3 Å². The Morgan fingerprint density at radius 3 is 2.37 bits per heavy atom. The summed E-state index contributed by atoms with van der Waals surface area (Å²) in [6.45, 7) is 5.10. The van der Waals surface area contributed by atoms with E-state index < -0.39 is 15.6 Å². The van der Waals surface area contributed by atoms with Gasteiger partial charge in [-0.15, -0.1) is 0 Å². The number of nitrogen functional groups attached to an aromatic ring is 1. The van der Waals surface area contributed by atoms with Crippen LogP contribution in [-0.2, 0) is 16.4 Å². The number of hydrogen-bond acceptors (Lipinski definition) is 4. The molecular weight excluding hydrogens is 264 g/mol. The van der Waals surface area contributed by atoms with Gasteiger partial charge in [-0.1, -0.05) is 13.0 Å². The predicted octanol–water partition coefficient (Wildman–Crippen LogP) is 1.22. The first-order valence-corrected chi connectivity index (χ1v) is 7.59. The van der Waals surface area contributed by atoms with E-state index in [2.05, 4.69) is 0 Å². The minimum atomic E-state index is -3.63. The zero-order valence-corrected chi connectivity index (χ0v) is 12.7. The summed E-state index contributed by atoms with van der Waals surface area (Å²) in [5.41, 5.74) is 6.13. The SMILES string of the molecule is CCc1ccc(S(=O)(=O)N(C)CC(C)(C)O)cc1N. The Morgan fingerprint density at radius 1 is 1.37 bits per heavy atom. The van der Waals surface area contributed by atoms with Crippen LogP contribution < -0.4 is 5.73 Å². The van der Waals surface area contributed by atoms with Gasteiger partial charge < -0.3 is 10.8 Å². The van der Waals surface area contributed by atoms with Crippen molar-refractivity contribution in [2.24, 2.45) is 0 Å². The van der Waals surface area contributed by atoms with Crippen LogP contribution in [0.25, 0.3) is 0 Å². The summed E-state index contributed by atoms with van der Waals surface area (Å²) in [4.78, 5) is 0.147. The van der Waals surface area contributed by atoms with Crippen molar-refractivity contribution in [3.05, 3.63) is 23.8 Å². The number of rotatable bonds is 5. The van der Waals surface area contributed by atoms with Gasteiger partial charge in [0, 0.05) is 19.3 Å². The highest BCUT2D eigenvalue weighted by Crippen LogP contribution is 2.22. The molecule has 5 nitrogen and oxygen atoms in total. The van der Waals surface area contributed by atoms with Crippen molar-refractivity contribution in [1.29, 1.82) is 0 Å². The number of anilines is 1. The molecule has 0 spiro atoms. The van der Waals surface area contributed by atoms with E-state index in [1.807, 2.05) is 6.92 Å². The van der Waals surface area contributed by atoms with Gasteiger partial charge in [-0.2, -0.15) is 4.31 Å². The summed E-state index contributed by atoms with van der Waals surface area (Å²) >= 11 is 0. The van der Waals surface area contributed by atoms with Crippen molar-refractivity contribution in [3.63, 3.8) is 0 Å². The molecule has 108 valence electrons. The van der Waals surface area contributed by atoms with Gasteiger partial charge in [0.05, 0.1) is 10.5 Å². The van der Waals surface area contributed by atoms with Crippen LogP contribution in [0.4, 0.5) is 5.69 Å². The molecule has 1 aromatic rings. The molecule has 0 unspecified atom stereocenters. The molecule has 3 N–H and O–H groups in total. The summed E-state index contributed by atoms with van der Waals surface area (Å²) in [6.07, 6.45) is 0.756. The van der Waals surface area contributed by atoms with Gasteiger partial charge in [-0.05, 0) is 38.0 Å². The van der Waals surface area contributed by atoms with Crippen molar-refractivity contribution in [3.8, 4) is 0 Å². The zero-order valence-electron chi connectivity index (χ0n) is 11.8. The highest BCUT2D eigenvalue weighted by Gasteiger charge is 2.26. The molecular formula is C13H22N2O3S. The van der Waals surface area contributed by atoms with Crippen molar-refractivity contribution in [2.75, 3.05) is 19.3 Å². The maximum absolute atomic E-state index is 12.3. The number of aryl methyl sites for hydroxylation is 1. The average molecular weight is 286 g/mol. The normalized spacial score (nSPS) is 12.9. The van der Waals surface area contributed by atoms with E-state index in [4.69, 9.17) is 5.73 Å². The van der Waals surface area contributed by atoms with Crippen LogP contribution in [0.2, 0.25) is 0 Å². The van der Waals surface area contributed by atoms with Crippen LogP contribution >= 0.6 is 0 Å². The Hall–Kier alpha value is -1.11. The lowest BCUT2D eigenvalue weighted by Gasteiger charge is -2.25. The molecule has 0 aliphatic carbocycles. The van der Waals surface area contributed by atoms with Gasteiger partial charge in [0.2, 0.25) is 10.0 Å². The maximum Gasteiger partial charge on any atom is 0.242 e. The Balaban J connectivity index is 3.10. The molecule has 0 saturated carbocycles. The zero-order chi connectivity index (χ0) is 14.8. The van der Waals surface area contributed by atoms with Gasteiger partial charge in [-0.3, -0.25) is 0 Å². The predicted molar refractivity (Wildman–Crippen MR) is 76.3 cm³/mol. The van der Waals surface area contributed by atoms with Crippen molar-refractivity contribution < 1.29 is 13.5 Å². The Morgan fingerprint density at radius 2 is 1.95 bits per heavy atom. The maximum atomic E-state index is 12.3. The summed E-state index contributed by atoms with van der Waals surface area (Å²) in [7, 11) is -2.18. The number of aliphatic hydroxyl groups is 1. The van der Waals surface area contributed by atoms with Gasteiger partial charge in [-0.25, -0.2) is 8.42 Å². The highest BCUT2D eigenvalue weighted by molar-refractivity contribution is 7.89. The second kappa shape index (κ2) is 5.48. The van der Waals surface area contributed by atoms with Crippen LogP contribution in [0.5, 0.6) is 0 Å². The molecule has 0 heterocycles. The average Bonchev–Trinajstić information content (AvgIpc) is 2.26. The van der Waals surface area contributed by atoms with Gasteiger partial charge >= 0.3 is 0 Å². The smallest absolute Gasteiger partial charge is 0.242 e. The number of benzene rings is 1. The number of nitrogens with zero attached hydrogens (tertiary/aromatic N) is 1. The molecule has 0 fully saturated rings. The summed E-state index contributed by atoms with van der Waals surface area (Å²) < 4.78 is 25.8. The van der Waals surface area contributed by atoms with E-state index >= 15 is 0 Å². The molecule has 0 radical (unpaired) electrons. The van der Waals surface area contributed by atoms with E-state index in [9.17, 15) is 13.5 Å². The Labute approximate surface area is 115 Å². The largest absolute Gasteiger partial charge is 0.398 e. The topological polar surface area (TPSA) is 83.6 Å². The lowest BCUT2D eigenvalue weighted by molar-refractivity contribution is 0.0640. The standard InChI is InChI=1S/C13H22N2O3S/c1-5-10-6-7-11(8-12(10)14)19(17,18)15(4)9-13(2,3)16/h6-8,16H,5,9,14H2,1-4H3. The number of sulfonamides is 1. The summed E-state index contributed by atoms with van der Waals surface area (Å²) in [5.74, 6) is 0. The van der Waals surface area contributed by atoms with E-state index in [-0.39, 0.29) is 11.4 Å². The first-order chi connectivity index (χ1) is 8.58. The Kier molecular flexibility index (Phi) is 4.60. The number of nitrogens with two attached hydrogens (primary N) is 1. The van der Waals surface area contributed by atoms with Crippen LogP contribution in [0.15, 0.2) is 23.1 Å². The second-order valence-corrected chi connectivity index (χ2v) is 7.33. The fraction of sp³-hybridized carbons (Fsp3) is 0.538. The van der Waals surface area contributed by atoms with Crippen LogP contribution in [-0.4, -0.2) is 37.0 Å². The molecule has 1 rings (SSSR count). The number of hydrogen-bond donors (Lipinski definition) is 2. The third-order valence-corrected chi connectivity index (χ3v) is 4.62. The highest BCUT2D eigenvalue weighted by atomic mass is 32.2. The molecule has 0 aliphatic rings. The lowest BCUT2D eigenvalue weighted by Crippen LogP contribution is -2.39. The molecule has 0 aliphatic heterocycles. The van der Waals surface area contributed by atoms with Crippen molar-refractivity contribution in [1.82, 2.24) is 4.31 Å². The first-order valence-electron chi connectivity index (χ1n) is 6.15. The van der Waals surface area contributed by atoms with E-state index in [1.165, 1.54) is 13.1 Å². The summed E-state index contributed by atoms with van der Waals surface area (Å²) in [5, 5.41) is 9.70. The fourth-order valence-electron chi connectivity index (χ4n) is 1.87. The van der Waals surface area contributed by atoms with Gasteiger partial charge in [0.25, 0.3) is 0 Å². The third-order valence-electron chi connectivity index (χ3n) is 2.82. The van der Waals surface area contributed by atoms with Crippen LogP contribution in [0, 0.1) is 0 Å². The molecule has 0 aromatic heterocycles. The Bertz CT molecular complexity index is 547. The molecule has 0 amide bonds. The molecule has 19 heavy (non-hydrogen) atoms. The molecule has 0 bridgehead atoms. The van der Waals surface area contributed by atoms with E-state index in [0.29, 0.717) is 5.69 Å². The van der Waals surface area contributed by atoms with Crippen LogP contribution in [0.1, 0.15) is 26.3 Å². The number of likely N-dealkylation sites (N-methyl/N-ethyl adjacent to an activating group) is 1. The molecule has 0 saturated heterocycles.